The molecule has 0 unspecified atom stereocenters. The largest absolute Gasteiger partial charge is 0.391 e. The minimum Gasteiger partial charge on any atom is -0.391 e. The third-order valence-corrected chi connectivity index (χ3v) is 2.45. The normalized spacial score (nSPS) is 16.8. The van der Waals surface area contributed by atoms with Crippen molar-refractivity contribution in [1.82, 2.24) is 0 Å². The van der Waals surface area contributed by atoms with Gasteiger partial charge in [0, 0.05) is 5.92 Å². The van der Waals surface area contributed by atoms with Gasteiger partial charge in [0.1, 0.15) is 6.61 Å². The van der Waals surface area contributed by atoms with Gasteiger partial charge in [-0.25, -0.2) is 0 Å². The molecular formula is C12H15NO. The molecular weight excluding hydrogens is 174 g/mol. The Balaban J connectivity index is 1.80. The van der Waals surface area contributed by atoms with Gasteiger partial charge in [-0.15, -0.1) is 0 Å². The summed E-state index contributed by atoms with van der Waals surface area (Å²) in [6.07, 6.45) is 2.56. The average molecular weight is 189 g/mol. The second-order valence-electron chi connectivity index (χ2n) is 3.77. The molecule has 0 aromatic heterocycles. The molecule has 1 saturated carbocycles. The molecule has 0 saturated heterocycles. The molecule has 1 aliphatic rings. The molecule has 0 bridgehead atoms. The molecule has 0 radical (unpaired) electrons. The van der Waals surface area contributed by atoms with Crippen LogP contribution >= 0.6 is 0 Å². The molecule has 1 aromatic carbocycles. The lowest BCUT2D eigenvalue weighted by Crippen LogP contribution is -1.95. The zero-order chi connectivity index (χ0) is 9.80. The molecule has 1 fully saturated rings. The van der Waals surface area contributed by atoms with Crippen LogP contribution < -0.4 is 0 Å². The van der Waals surface area contributed by atoms with Crippen LogP contribution in [0.15, 0.2) is 35.5 Å². The SMILES string of the molecule is C/C(=N\OCc1ccccc1)C1CC1. The van der Waals surface area contributed by atoms with Gasteiger partial charge in [0.15, 0.2) is 0 Å². The number of hydrogen-bond donors (Lipinski definition) is 0. The first-order valence-electron chi connectivity index (χ1n) is 5.06. The summed E-state index contributed by atoms with van der Waals surface area (Å²) in [5.41, 5.74) is 2.31. The maximum absolute atomic E-state index is 5.27. The van der Waals surface area contributed by atoms with E-state index in [0.717, 1.165) is 5.71 Å². The minimum atomic E-state index is 0.574. The summed E-state index contributed by atoms with van der Waals surface area (Å²) in [5.74, 6) is 0.700. The quantitative estimate of drug-likeness (QED) is 0.527. The van der Waals surface area contributed by atoms with Crippen LogP contribution in [-0.2, 0) is 11.4 Å². The van der Waals surface area contributed by atoms with Crippen molar-refractivity contribution in [3.05, 3.63) is 35.9 Å². The topological polar surface area (TPSA) is 21.6 Å². The monoisotopic (exact) mass is 189 g/mol. The van der Waals surface area contributed by atoms with Crippen molar-refractivity contribution < 1.29 is 4.84 Å². The van der Waals surface area contributed by atoms with E-state index >= 15 is 0 Å². The van der Waals surface area contributed by atoms with Gasteiger partial charge in [-0.3, -0.25) is 0 Å². The Kier molecular flexibility index (Phi) is 2.82. The van der Waals surface area contributed by atoms with Crippen LogP contribution in [0.1, 0.15) is 25.3 Å². The predicted molar refractivity (Wildman–Crippen MR) is 57.1 cm³/mol. The van der Waals surface area contributed by atoms with Crippen molar-refractivity contribution in [1.29, 1.82) is 0 Å². The van der Waals surface area contributed by atoms with Crippen LogP contribution in [0.5, 0.6) is 0 Å². The molecule has 0 spiro atoms. The van der Waals surface area contributed by atoms with E-state index in [4.69, 9.17) is 4.84 Å². The molecule has 2 heteroatoms. The van der Waals surface area contributed by atoms with E-state index in [1.165, 1.54) is 18.4 Å². The third-order valence-electron chi connectivity index (χ3n) is 2.45. The summed E-state index contributed by atoms with van der Waals surface area (Å²) in [7, 11) is 0. The van der Waals surface area contributed by atoms with Gasteiger partial charge in [0.25, 0.3) is 0 Å². The van der Waals surface area contributed by atoms with E-state index in [1.54, 1.807) is 0 Å². The molecule has 0 N–H and O–H groups in total. The van der Waals surface area contributed by atoms with Crippen LogP contribution in [0.3, 0.4) is 0 Å². The van der Waals surface area contributed by atoms with Crippen LogP contribution in [0, 0.1) is 5.92 Å². The molecule has 0 aliphatic heterocycles. The molecule has 0 amide bonds. The highest BCUT2D eigenvalue weighted by atomic mass is 16.6. The first kappa shape index (κ1) is 9.25. The molecule has 1 aliphatic carbocycles. The molecule has 74 valence electrons. The molecule has 1 aromatic rings. The number of oxime groups is 1. The number of nitrogens with zero attached hydrogens (tertiary/aromatic N) is 1. The zero-order valence-electron chi connectivity index (χ0n) is 8.44. The highest BCUT2D eigenvalue weighted by molar-refractivity contribution is 5.85. The maximum Gasteiger partial charge on any atom is 0.142 e. The van der Waals surface area contributed by atoms with Crippen LogP contribution in [0.4, 0.5) is 0 Å². The summed E-state index contributed by atoms with van der Waals surface area (Å²) in [6.45, 7) is 2.62. The second kappa shape index (κ2) is 4.27. The average Bonchev–Trinajstić information content (AvgIpc) is 3.02. The Labute approximate surface area is 84.6 Å². The van der Waals surface area contributed by atoms with Gasteiger partial charge in [-0.1, -0.05) is 35.5 Å². The predicted octanol–water partition coefficient (Wildman–Crippen LogP) is 2.99. The lowest BCUT2D eigenvalue weighted by molar-refractivity contribution is 0.129. The van der Waals surface area contributed by atoms with E-state index in [1.807, 2.05) is 37.3 Å². The van der Waals surface area contributed by atoms with Gasteiger partial charge < -0.3 is 4.84 Å². The summed E-state index contributed by atoms with van der Waals surface area (Å²) in [4.78, 5) is 5.27. The van der Waals surface area contributed by atoms with Crippen LogP contribution in [0.25, 0.3) is 0 Å². The van der Waals surface area contributed by atoms with Crippen molar-refractivity contribution in [3.63, 3.8) is 0 Å². The zero-order valence-corrected chi connectivity index (χ0v) is 8.44. The van der Waals surface area contributed by atoms with Crippen LogP contribution in [-0.4, -0.2) is 5.71 Å². The van der Waals surface area contributed by atoms with E-state index in [-0.39, 0.29) is 0 Å². The Morgan fingerprint density at radius 1 is 1.36 bits per heavy atom. The van der Waals surface area contributed by atoms with Gasteiger partial charge in [0.05, 0.1) is 5.71 Å². The Bertz CT molecular complexity index is 314. The van der Waals surface area contributed by atoms with E-state index in [9.17, 15) is 0 Å². The smallest absolute Gasteiger partial charge is 0.142 e. The van der Waals surface area contributed by atoms with Gasteiger partial charge in [-0.2, -0.15) is 0 Å². The Hall–Kier alpha value is -1.31. The van der Waals surface area contributed by atoms with E-state index in [0.29, 0.717) is 12.5 Å². The third kappa shape index (κ3) is 2.59. The van der Waals surface area contributed by atoms with Gasteiger partial charge in [0.2, 0.25) is 0 Å². The highest BCUT2D eigenvalue weighted by Gasteiger charge is 2.24. The van der Waals surface area contributed by atoms with Crippen molar-refractivity contribution in [2.45, 2.75) is 26.4 Å². The first-order valence-corrected chi connectivity index (χ1v) is 5.06. The number of benzene rings is 1. The molecule has 2 rings (SSSR count). The molecule has 14 heavy (non-hydrogen) atoms. The van der Waals surface area contributed by atoms with Gasteiger partial charge in [-0.05, 0) is 25.3 Å². The maximum atomic E-state index is 5.27. The fourth-order valence-electron chi connectivity index (χ4n) is 1.36. The Morgan fingerprint density at radius 3 is 2.71 bits per heavy atom. The summed E-state index contributed by atoms with van der Waals surface area (Å²) >= 11 is 0. The summed E-state index contributed by atoms with van der Waals surface area (Å²) in [6, 6.07) is 10.1. The fourth-order valence-corrected chi connectivity index (χ4v) is 1.36. The second-order valence-corrected chi connectivity index (χ2v) is 3.77. The van der Waals surface area contributed by atoms with Crippen molar-refractivity contribution >= 4 is 5.71 Å². The van der Waals surface area contributed by atoms with E-state index in [2.05, 4.69) is 5.16 Å². The summed E-state index contributed by atoms with van der Waals surface area (Å²) < 4.78 is 0. The Morgan fingerprint density at radius 2 is 2.07 bits per heavy atom. The fraction of sp³-hybridized carbons (Fsp3) is 0.417. The van der Waals surface area contributed by atoms with Crippen LogP contribution in [0.2, 0.25) is 0 Å². The summed E-state index contributed by atoms with van der Waals surface area (Å²) in [5, 5.41) is 4.10. The van der Waals surface area contributed by atoms with E-state index < -0.39 is 0 Å². The van der Waals surface area contributed by atoms with Crippen molar-refractivity contribution in [3.8, 4) is 0 Å². The minimum absolute atomic E-state index is 0.574. The number of hydrogen-bond acceptors (Lipinski definition) is 2. The molecule has 0 atom stereocenters. The lowest BCUT2D eigenvalue weighted by Gasteiger charge is -2.00. The first-order chi connectivity index (χ1) is 6.86. The van der Waals surface area contributed by atoms with Gasteiger partial charge >= 0.3 is 0 Å². The standard InChI is InChI=1S/C12H15NO/c1-10(12-7-8-12)13-14-9-11-5-3-2-4-6-11/h2-6,12H,7-9H2,1H3/b13-10+. The van der Waals surface area contributed by atoms with Crippen molar-refractivity contribution in [2.75, 3.05) is 0 Å². The van der Waals surface area contributed by atoms with Crippen molar-refractivity contribution in [2.24, 2.45) is 11.1 Å². The highest BCUT2D eigenvalue weighted by Crippen LogP contribution is 2.30. The molecule has 0 heterocycles. The lowest BCUT2D eigenvalue weighted by atomic mass is 10.2. The number of rotatable bonds is 4. The molecule has 2 nitrogen and oxygen atoms in total.